The first-order chi connectivity index (χ1) is 15.7. The lowest BCUT2D eigenvalue weighted by atomic mass is 10.0. The number of ketones is 1. The van der Waals surface area contributed by atoms with Crippen molar-refractivity contribution in [1.82, 2.24) is 9.88 Å². The molecule has 5 N–H and O–H groups in total. The minimum Gasteiger partial charge on any atom is -0.340 e. The molecule has 1 fully saturated rings. The SMILES string of the molecule is Cc1c(C(=O)C(=O)NC2(C(C=N)=NN)CC2)c2n(c1C(=O)Nc1ccc(F)c(F)c1)CCC2. The maximum atomic E-state index is 13.5. The van der Waals surface area contributed by atoms with Crippen molar-refractivity contribution >= 4 is 35.2 Å². The van der Waals surface area contributed by atoms with Crippen molar-refractivity contribution in [3.05, 3.63) is 52.3 Å². The molecule has 2 aliphatic rings. The van der Waals surface area contributed by atoms with Crippen molar-refractivity contribution in [3.8, 4) is 0 Å². The van der Waals surface area contributed by atoms with E-state index in [1.54, 1.807) is 11.5 Å². The van der Waals surface area contributed by atoms with Crippen molar-refractivity contribution < 1.29 is 23.2 Å². The van der Waals surface area contributed by atoms with Crippen molar-refractivity contribution in [2.45, 2.75) is 44.7 Å². The highest BCUT2D eigenvalue weighted by Crippen LogP contribution is 2.37. The summed E-state index contributed by atoms with van der Waals surface area (Å²) in [6.45, 7) is 2.05. The van der Waals surface area contributed by atoms with Crippen molar-refractivity contribution in [2.75, 3.05) is 5.32 Å². The number of anilines is 1. The average Bonchev–Trinajstić information content (AvgIpc) is 3.28. The van der Waals surface area contributed by atoms with Crippen molar-refractivity contribution in [3.63, 3.8) is 0 Å². The third kappa shape index (κ3) is 3.79. The summed E-state index contributed by atoms with van der Waals surface area (Å²) < 4.78 is 28.4. The van der Waals surface area contributed by atoms with Gasteiger partial charge in [-0.05, 0) is 50.3 Å². The number of carbonyl (C=O) groups is 3. The Bertz CT molecular complexity index is 1230. The van der Waals surface area contributed by atoms with Crippen LogP contribution in [0.25, 0.3) is 0 Å². The third-order valence-corrected chi connectivity index (χ3v) is 6.10. The van der Waals surface area contributed by atoms with Crippen LogP contribution in [0.4, 0.5) is 14.5 Å². The molecule has 11 heteroatoms. The number of hydrogen-bond acceptors (Lipinski definition) is 6. The van der Waals surface area contributed by atoms with Gasteiger partial charge < -0.3 is 26.5 Å². The van der Waals surface area contributed by atoms with E-state index >= 15 is 0 Å². The van der Waals surface area contributed by atoms with Crippen LogP contribution in [0.3, 0.4) is 0 Å². The lowest BCUT2D eigenvalue weighted by molar-refractivity contribution is -0.117. The van der Waals surface area contributed by atoms with Gasteiger partial charge >= 0.3 is 0 Å². The Labute approximate surface area is 187 Å². The Kier molecular flexibility index (Phi) is 5.56. The fourth-order valence-corrected chi connectivity index (χ4v) is 4.33. The van der Waals surface area contributed by atoms with E-state index in [0.29, 0.717) is 43.5 Å². The van der Waals surface area contributed by atoms with Gasteiger partial charge in [0.2, 0.25) is 0 Å². The number of carbonyl (C=O) groups excluding carboxylic acids is 3. The first-order valence-corrected chi connectivity index (χ1v) is 10.4. The number of nitrogens with zero attached hydrogens (tertiary/aromatic N) is 2. The molecule has 1 saturated carbocycles. The van der Waals surface area contributed by atoms with Crippen LogP contribution in [0, 0.1) is 24.0 Å². The van der Waals surface area contributed by atoms with Gasteiger partial charge in [0.15, 0.2) is 11.6 Å². The second kappa shape index (κ2) is 8.23. The number of nitrogens with one attached hydrogen (secondary N) is 3. The molecule has 0 spiro atoms. The largest absolute Gasteiger partial charge is 0.340 e. The zero-order valence-electron chi connectivity index (χ0n) is 17.8. The van der Waals surface area contributed by atoms with Gasteiger partial charge in [-0.2, -0.15) is 5.10 Å². The molecule has 1 aromatic heterocycles. The van der Waals surface area contributed by atoms with Crippen LogP contribution in [0.5, 0.6) is 0 Å². The first kappa shape index (κ1) is 22.3. The van der Waals surface area contributed by atoms with Crippen molar-refractivity contribution in [2.24, 2.45) is 10.9 Å². The Balaban J connectivity index is 1.63. The number of nitrogens with two attached hydrogens (primary N) is 1. The number of amides is 2. The Morgan fingerprint density at radius 1 is 1.24 bits per heavy atom. The molecule has 1 aliphatic carbocycles. The maximum Gasteiger partial charge on any atom is 0.293 e. The molecule has 9 nitrogen and oxygen atoms in total. The summed E-state index contributed by atoms with van der Waals surface area (Å²) in [4.78, 5) is 38.9. The predicted molar refractivity (Wildman–Crippen MR) is 117 cm³/mol. The molecule has 0 bridgehead atoms. The normalized spacial score (nSPS) is 16.2. The molecule has 4 rings (SSSR count). The predicted octanol–water partition coefficient (Wildman–Crippen LogP) is 2.07. The maximum absolute atomic E-state index is 13.5. The van der Waals surface area contributed by atoms with Crippen LogP contribution < -0.4 is 16.5 Å². The van der Waals surface area contributed by atoms with E-state index in [0.717, 1.165) is 18.3 Å². The zero-order chi connectivity index (χ0) is 23.9. The zero-order valence-corrected chi connectivity index (χ0v) is 17.8. The van der Waals surface area contributed by atoms with E-state index in [1.165, 1.54) is 6.07 Å². The molecular weight excluding hydrogens is 434 g/mol. The first-order valence-electron chi connectivity index (χ1n) is 10.4. The van der Waals surface area contributed by atoms with Crippen LogP contribution in [0.1, 0.15) is 51.4 Å². The molecule has 33 heavy (non-hydrogen) atoms. The summed E-state index contributed by atoms with van der Waals surface area (Å²) in [7, 11) is 0. The number of Topliss-reactive ketones (excluding diaryl/α,β-unsaturated/α-hetero) is 1. The summed E-state index contributed by atoms with van der Waals surface area (Å²) in [5.74, 6) is 0.901. The van der Waals surface area contributed by atoms with E-state index in [4.69, 9.17) is 11.3 Å². The third-order valence-electron chi connectivity index (χ3n) is 6.10. The lowest BCUT2D eigenvalue weighted by Gasteiger charge is -2.16. The van der Waals surface area contributed by atoms with Gasteiger partial charge in [-0.25, -0.2) is 8.78 Å². The van der Waals surface area contributed by atoms with Crippen LogP contribution >= 0.6 is 0 Å². The molecule has 2 aromatic rings. The molecule has 0 saturated heterocycles. The molecular formula is C22H22F2N6O3. The molecule has 1 aliphatic heterocycles. The van der Waals surface area contributed by atoms with E-state index in [9.17, 15) is 23.2 Å². The van der Waals surface area contributed by atoms with Crippen molar-refractivity contribution in [1.29, 1.82) is 5.41 Å². The molecule has 172 valence electrons. The van der Waals surface area contributed by atoms with Crippen LogP contribution in [0.2, 0.25) is 0 Å². The number of aromatic nitrogens is 1. The standard InChI is InChI=1S/C22H22F2N6O3/c1-11-17(19(31)21(33)28-22(6-7-22)16(10-25)29-26)15-3-2-8-30(15)18(11)20(32)27-12-4-5-13(23)14(24)9-12/h4-5,9-10,25H,2-3,6-8,26H2,1H3,(H,27,32)(H,28,33). The summed E-state index contributed by atoms with van der Waals surface area (Å²) in [5.41, 5.74) is 0.558. The second-order valence-electron chi connectivity index (χ2n) is 8.16. The number of hydrazone groups is 1. The fourth-order valence-electron chi connectivity index (χ4n) is 4.33. The minimum atomic E-state index is -1.10. The molecule has 2 heterocycles. The summed E-state index contributed by atoms with van der Waals surface area (Å²) in [6, 6.07) is 3.00. The van der Waals surface area contributed by atoms with E-state index < -0.39 is 34.8 Å². The van der Waals surface area contributed by atoms with E-state index in [-0.39, 0.29) is 22.7 Å². The Morgan fingerprint density at radius 3 is 2.58 bits per heavy atom. The molecule has 1 aromatic carbocycles. The van der Waals surface area contributed by atoms with Gasteiger partial charge in [0.05, 0.1) is 11.1 Å². The number of benzene rings is 1. The number of rotatable bonds is 7. The molecule has 0 radical (unpaired) electrons. The summed E-state index contributed by atoms with van der Waals surface area (Å²) in [5, 5.41) is 16.1. The summed E-state index contributed by atoms with van der Waals surface area (Å²) >= 11 is 0. The van der Waals surface area contributed by atoms with Crippen LogP contribution in [-0.4, -0.2) is 39.6 Å². The summed E-state index contributed by atoms with van der Waals surface area (Å²) in [6.07, 6.45) is 3.15. The van der Waals surface area contributed by atoms with Gasteiger partial charge in [0.25, 0.3) is 17.6 Å². The second-order valence-corrected chi connectivity index (χ2v) is 8.16. The number of halogens is 2. The van der Waals surface area contributed by atoms with Crippen LogP contribution in [0.15, 0.2) is 23.3 Å². The Hall–Kier alpha value is -3.89. The monoisotopic (exact) mass is 456 g/mol. The van der Waals surface area contributed by atoms with Gasteiger partial charge in [-0.15, -0.1) is 0 Å². The van der Waals surface area contributed by atoms with Gasteiger partial charge in [-0.3, -0.25) is 14.4 Å². The van der Waals surface area contributed by atoms with Crippen LogP contribution in [-0.2, 0) is 17.8 Å². The van der Waals surface area contributed by atoms with E-state index in [2.05, 4.69) is 15.7 Å². The van der Waals surface area contributed by atoms with E-state index in [1.807, 2.05) is 0 Å². The quantitative estimate of drug-likeness (QED) is 0.166. The minimum absolute atomic E-state index is 0.0633. The highest BCUT2D eigenvalue weighted by molar-refractivity contribution is 6.45. The highest BCUT2D eigenvalue weighted by Gasteiger charge is 2.49. The topological polar surface area (TPSA) is 142 Å². The fraction of sp³-hybridized carbons (Fsp3) is 0.318. The smallest absolute Gasteiger partial charge is 0.293 e. The number of hydrogen-bond donors (Lipinski definition) is 4. The molecule has 2 amide bonds. The molecule has 0 unspecified atom stereocenters. The Morgan fingerprint density at radius 2 is 1.97 bits per heavy atom. The molecule has 0 atom stereocenters. The van der Waals surface area contributed by atoms with Gasteiger partial charge in [0.1, 0.15) is 11.4 Å². The average molecular weight is 456 g/mol. The number of fused-ring (bicyclic) bond motifs is 1. The van der Waals surface area contributed by atoms with Gasteiger partial charge in [-0.1, -0.05) is 0 Å². The van der Waals surface area contributed by atoms with Gasteiger partial charge in [0, 0.05) is 30.2 Å². The lowest BCUT2D eigenvalue weighted by Crippen LogP contribution is -2.47. The highest BCUT2D eigenvalue weighted by atomic mass is 19.2.